The first-order chi connectivity index (χ1) is 9.31. The summed E-state index contributed by atoms with van der Waals surface area (Å²) in [6.45, 7) is 6.78. The van der Waals surface area contributed by atoms with Gasteiger partial charge in [0.15, 0.2) is 0 Å². The first-order valence-corrected chi connectivity index (χ1v) is 8.79. The summed E-state index contributed by atoms with van der Waals surface area (Å²) in [5, 5.41) is 3.64. The molecule has 0 radical (unpaired) electrons. The molecule has 1 N–H and O–H groups in total. The first kappa shape index (κ1) is 15.0. The van der Waals surface area contributed by atoms with E-state index in [4.69, 9.17) is 0 Å². The molecule has 1 atom stereocenters. The molecule has 0 aliphatic heterocycles. The minimum absolute atomic E-state index is 0.871. The van der Waals surface area contributed by atoms with Crippen LogP contribution in [0.15, 0.2) is 5.51 Å². The summed E-state index contributed by atoms with van der Waals surface area (Å²) in [6.07, 6.45) is 9.63. The van der Waals surface area contributed by atoms with E-state index in [-0.39, 0.29) is 0 Å². The van der Waals surface area contributed by atoms with Crippen LogP contribution in [0.2, 0.25) is 0 Å². The predicted molar refractivity (Wildman–Crippen MR) is 83.8 cm³/mol. The average molecular weight is 280 g/mol. The van der Waals surface area contributed by atoms with Crippen molar-refractivity contribution in [1.29, 1.82) is 0 Å². The zero-order valence-electron chi connectivity index (χ0n) is 12.5. The summed E-state index contributed by atoms with van der Waals surface area (Å²) in [6, 6.07) is 0. The minimum Gasteiger partial charge on any atom is -0.316 e. The van der Waals surface area contributed by atoms with E-state index >= 15 is 0 Å². The fourth-order valence-electron chi connectivity index (χ4n) is 3.28. The highest BCUT2D eigenvalue weighted by atomic mass is 32.1. The van der Waals surface area contributed by atoms with Gasteiger partial charge in [-0.05, 0) is 51.1 Å². The fraction of sp³-hybridized carbons (Fsp3) is 0.812. The summed E-state index contributed by atoms with van der Waals surface area (Å²) in [5.74, 6) is 1.84. The zero-order chi connectivity index (χ0) is 13.5. The molecule has 0 saturated heterocycles. The molecule has 1 aliphatic rings. The van der Waals surface area contributed by atoms with Gasteiger partial charge in [0, 0.05) is 4.88 Å². The lowest BCUT2D eigenvalue weighted by Gasteiger charge is -2.23. The van der Waals surface area contributed by atoms with Crippen LogP contribution in [0.1, 0.15) is 56.0 Å². The highest BCUT2D eigenvalue weighted by Crippen LogP contribution is 2.34. The number of aromatic nitrogens is 1. The van der Waals surface area contributed by atoms with Crippen molar-refractivity contribution >= 4 is 11.3 Å². The second kappa shape index (κ2) is 8.01. The van der Waals surface area contributed by atoms with Crippen LogP contribution in [-0.2, 0) is 6.42 Å². The normalized spacial score (nSPS) is 18.0. The van der Waals surface area contributed by atoms with E-state index in [1.165, 1.54) is 68.6 Å². The first-order valence-electron chi connectivity index (χ1n) is 7.91. The lowest BCUT2D eigenvalue weighted by atomic mass is 9.86. The summed E-state index contributed by atoms with van der Waals surface area (Å²) in [5.41, 5.74) is 3.24. The van der Waals surface area contributed by atoms with Crippen molar-refractivity contribution in [3.8, 4) is 0 Å². The average Bonchev–Trinajstić information content (AvgIpc) is 3.05. The number of hydrogen-bond acceptors (Lipinski definition) is 3. The van der Waals surface area contributed by atoms with Gasteiger partial charge in [0.2, 0.25) is 0 Å². The molecule has 2 rings (SSSR count). The molecule has 0 aromatic carbocycles. The molecule has 0 amide bonds. The van der Waals surface area contributed by atoms with E-state index in [0.29, 0.717) is 0 Å². The van der Waals surface area contributed by atoms with Crippen molar-refractivity contribution in [3.05, 3.63) is 16.1 Å². The van der Waals surface area contributed by atoms with Crippen LogP contribution in [0.5, 0.6) is 0 Å². The SMILES string of the molecule is CCCNCC(CCc1scnc1C)C1CCCC1. The van der Waals surface area contributed by atoms with Crippen LogP contribution in [0.3, 0.4) is 0 Å². The smallest absolute Gasteiger partial charge is 0.0797 e. The largest absolute Gasteiger partial charge is 0.316 e. The Morgan fingerprint density at radius 3 is 2.84 bits per heavy atom. The maximum absolute atomic E-state index is 4.37. The van der Waals surface area contributed by atoms with Crippen molar-refractivity contribution in [1.82, 2.24) is 10.3 Å². The number of nitrogens with one attached hydrogen (secondary N) is 1. The molecule has 1 fully saturated rings. The molecule has 2 nitrogen and oxygen atoms in total. The van der Waals surface area contributed by atoms with Crippen molar-refractivity contribution in [2.24, 2.45) is 11.8 Å². The van der Waals surface area contributed by atoms with Crippen molar-refractivity contribution in [2.75, 3.05) is 13.1 Å². The maximum Gasteiger partial charge on any atom is 0.0797 e. The minimum atomic E-state index is 0.871. The Morgan fingerprint density at radius 2 is 2.21 bits per heavy atom. The van der Waals surface area contributed by atoms with Crippen molar-refractivity contribution in [2.45, 2.75) is 58.8 Å². The lowest BCUT2D eigenvalue weighted by molar-refractivity contribution is 0.305. The summed E-state index contributed by atoms with van der Waals surface area (Å²) < 4.78 is 0. The molecular weight excluding hydrogens is 252 g/mol. The molecule has 1 aromatic heterocycles. The molecule has 1 aromatic rings. The Labute approximate surface area is 122 Å². The number of nitrogens with zero attached hydrogens (tertiary/aromatic N) is 1. The molecule has 0 spiro atoms. The van der Waals surface area contributed by atoms with Crippen LogP contribution in [0.25, 0.3) is 0 Å². The molecule has 3 heteroatoms. The van der Waals surface area contributed by atoms with E-state index in [9.17, 15) is 0 Å². The van der Waals surface area contributed by atoms with E-state index in [0.717, 1.165) is 11.8 Å². The van der Waals surface area contributed by atoms with Crippen LogP contribution in [-0.4, -0.2) is 18.1 Å². The van der Waals surface area contributed by atoms with Gasteiger partial charge in [-0.1, -0.05) is 32.6 Å². The van der Waals surface area contributed by atoms with E-state index in [1.807, 2.05) is 16.8 Å². The number of aryl methyl sites for hydroxylation is 2. The third kappa shape index (κ3) is 4.57. The second-order valence-corrected chi connectivity index (χ2v) is 6.85. The summed E-state index contributed by atoms with van der Waals surface area (Å²) >= 11 is 1.83. The lowest BCUT2D eigenvalue weighted by Crippen LogP contribution is -2.28. The highest BCUT2D eigenvalue weighted by Gasteiger charge is 2.24. The third-order valence-electron chi connectivity index (χ3n) is 4.49. The Morgan fingerprint density at radius 1 is 1.42 bits per heavy atom. The monoisotopic (exact) mass is 280 g/mol. The van der Waals surface area contributed by atoms with Gasteiger partial charge in [-0.2, -0.15) is 0 Å². The number of rotatable bonds is 8. The third-order valence-corrected chi connectivity index (χ3v) is 5.48. The zero-order valence-corrected chi connectivity index (χ0v) is 13.3. The number of thiazole rings is 1. The van der Waals surface area contributed by atoms with Gasteiger partial charge in [-0.3, -0.25) is 0 Å². The topological polar surface area (TPSA) is 24.9 Å². The standard InChI is InChI=1S/C16H28N2S/c1-3-10-17-11-15(14-6-4-5-7-14)8-9-16-13(2)18-12-19-16/h12,14-15,17H,3-11H2,1-2H3. The summed E-state index contributed by atoms with van der Waals surface area (Å²) in [7, 11) is 0. The van der Waals surface area contributed by atoms with Crippen molar-refractivity contribution in [3.63, 3.8) is 0 Å². The highest BCUT2D eigenvalue weighted by molar-refractivity contribution is 7.09. The Hall–Kier alpha value is -0.410. The maximum atomic E-state index is 4.37. The van der Waals surface area contributed by atoms with Crippen LogP contribution in [0, 0.1) is 18.8 Å². The molecule has 1 heterocycles. The molecule has 19 heavy (non-hydrogen) atoms. The Kier molecular flexibility index (Phi) is 6.32. The molecule has 108 valence electrons. The van der Waals surface area contributed by atoms with E-state index in [2.05, 4.69) is 24.1 Å². The van der Waals surface area contributed by atoms with Gasteiger partial charge in [0.05, 0.1) is 11.2 Å². The summed E-state index contributed by atoms with van der Waals surface area (Å²) in [4.78, 5) is 5.87. The van der Waals surface area contributed by atoms with Gasteiger partial charge in [0.1, 0.15) is 0 Å². The van der Waals surface area contributed by atoms with Gasteiger partial charge in [-0.15, -0.1) is 11.3 Å². The second-order valence-electron chi connectivity index (χ2n) is 5.91. The van der Waals surface area contributed by atoms with Crippen LogP contribution < -0.4 is 5.32 Å². The predicted octanol–water partition coefficient (Wildman–Crippen LogP) is 4.19. The van der Waals surface area contributed by atoms with E-state index < -0.39 is 0 Å². The van der Waals surface area contributed by atoms with Crippen LogP contribution in [0.4, 0.5) is 0 Å². The molecular formula is C16H28N2S. The molecule has 1 unspecified atom stereocenters. The fourth-order valence-corrected chi connectivity index (χ4v) is 4.08. The van der Waals surface area contributed by atoms with Gasteiger partial charge >= 0.3 is 0 Å². The quantitative estimate of drug-likeness (QED) is 0.722. The molecule has 1 saturated carbocycles. The van der Waals surface area contributed by atoms with E-state index in [1.54, 1.807) is 0 Å². The molecule has 1 aliphatic carbocycles. The Bertz CT molecular complexity index is 355. The van der Waals surface area contributed by atoms with Gasteiger partial charge in [0.25, 0.3) is 0 Å². The molecule has 0 bridgehead atoms. The number of hydrogen-bond donors (Lipinski definition) is 1. The van der Waals surface area contributed by atoms with Crippen LogP contribution >= 0.6 is 11.3 Å². The van der Waals surface area contributed by atoms with Gasteiger partial charge in [-0.25, -0.2) is 4.98 Å². The van der Waals surface area contributed by atoms with Crippen molar-refractivity contribution < 1.29 is 0 Å². The van der Waals surface area contributed by atoms with Gasteiger partial charge < -0.3 is 5.32 Å². The Balaban J connectivity index is 1.83.